The van der Waals surface area contributed by atoms with Gasteiger partial charge in [0.15, 0.2) is 0 Å². The second kappa shape index (κ2) is 6.13. The van der Waals surface area contributed by atoms with Crippen molar-refractivity contribution < 1.29 is 4.52 Å². The van der Waals surface area contributed by atoms with Gasteiger partial charge >= 0.3 is 0 Å². The number of hydrogen-bond donors (Lipinski definition) is 1. The number of hydrogen-bond acceptors (Lipinski definition) is 5. The Hall–Kier alpha value is -1.75. The highest BCUT2D eigenvalue weighted by atomic mass is 16.5. The molecule has 2 aromatic heterocycles. The van der Waals surface area contributed by atoms with Gasteiger partial charge in [0.2, 0.25) is 11.7 Å². The van der Waals surface area contributed by atoms with Crippen LogP contribution in [0.15, 0.2) is 29.0 Å². The van der Waals surface area contributed by atoms with E-state index in [2.05, 4.69) is 27.4 Å². The molecule has 1 aliphatic heterocycles. The van der Waals surface area contributed by atoms with E-state index in [0.717, 1.165) is 31.0 Å². The molecule has 20 heavy (non-hydrogen) atoms. The SMILES string of the molecule is CC(Cc1nc(-c2cccnc2)no1)C1CCCNC1. The standard InChI is InChI=1S/C15H20N4O/c1-11(12-4-2-6-16-9-12)8-14-18-15(19-20-14)13-5-3-7-17-10-13/h3,5,7,10-12,16H,2,4,6,8-9H2,1H3. The molecule has 3 heterocycles. The number of aromatic nitrogens is 3. The van der Waals surface area contributed by atoms with Crippen LogP contribution >= 0.6 is 0 Å². The Bertz CT molecular complexity index is 534. The summed E-state index contributed by atoms with van der Waals surface area (Å²) < 4.78 is 5.37. The Kier molecular flexibility index (Phi) is 4.06. The van der Waals surface area contributed by atoms with E-state index in [-0.39, 0.29) is 0 Å². The molecule has 2 aromatic rings. The summed E-state index contributed by atoms with van der Waals surface area (Å²) in [6.45, 7) is 4.52. The van der Waals surface area contributed by atoms with Gasteiger partial charge in [-0.1, -0.05) is 12.1 Å². The Morgan fingerprint density at radius 2 is 2.45 bits per heavy atom. The molecule has 0 bridgehead atoms. The summed E-state index contributed by atoms with van der Waals surface area (Å²) in [6, 6.07) is 3.82. The average Bonchev–Trinajstić information content (AvgIpc) is 2.97. The first kappa shape index (κ1) is 13.2. The minimum atomic E-state index is 0.560. The quantitative estimate of drug-likeness (QED) is 0.925. The van der Waals surface area contributed by atoms with Gasteiger partial charge in [-0.25, -0.2) is 0 Å². The van der Waals surface area contributed by atoms with Crippen LogP contribution in [0, 0.1) is 11.8 Å². The van der Waals surface area contributed by atoms with Gasteiger partial charge in [-0.05, 0) is 49.9 Å². The Balaban J connectivity index is 1.65. The highest BCUT2D eigenvalue weighted by Gasteiger charge is 2.22. The van der Waals surface area contributed by atoms with Crippen LogP contribution in [0.2, 0.25) is 0 Å². The number of nitrogens with one attached hydrogen (secondary N) is 1. The van der Waals surface area contributed by atoms with Gasteiger partial charge in [-0.15, -0.1) is 0 Å². The molecule has 2 atom stereocenters. The largest absolute Gasteiger partial charge is 0.339 e. The van der Waals surface area contributed by atoms with Crippen molar-refractivity contribution in [3.05, 3.63) is 30.4 Å². The van der Waals surface area contributed by atoms with Crippen LogP contribution < -0.4 is 5.32 Å². The van der Waals surface area contributed by atoms with Crippen molar-refractivity contribution in [1.82, 2.24) is 20.4 Å². The van der Waals surface area contributed by atoms with Gasteiger partial charge in [0.25, 0.3) is 0 Å². The highest BCUT2D eigenvalue weighted by Crippen LogP contribution is 2.23. The summed E-state index contributed by atoms with van der Waals surface area (Å²) in [5, 5.41) is 7.50. The van der Waals surface area contributed by atoms with E-state index in [9.17, 15) is 0 Å². The lowest BCUT2D eigenvalue weighted by atomic mass is 9.85. The van der Waals surface area contributed by atoms with E-state index >= 15 is 0 Å². The van der Waals surface area contributed by atoms with E-state index in [0.29, 0.717) is 17.7 Å². The lowest BCUT2D eigenvalue weighted by Gasteiger charge is -2.27. The normalized spacial score (nSPS) is 20.8. The van der Waals surface area contributed by atoms with Gasteiger partial charge in [-0.2, -0.15) is 4.98 Å². The molecule has 1 N–H and O–H groups in total. The summed E-state index contributed by atoms with van der Waals surface area (Å²) >= 11 is 0. The van der Waals surface area contributed by atoms with Crippen molar-refractivity contribution >= 4 is 0 Å². The van der Waals surface area contributed by atoms with Crippen LogP contribution in [0.5, 0.6) is 0 Å². The van der Waals surface area contributed by atoms with Crippen molar-refractivity contribution in [1.29, 1.82) is 0 Å². The maximum atomic E-state index is 5.37. The molecule has 1 fully saturated rings. The zero-order chi connectivity index (χ0) is 13.8. The summed E-state index contributed by atoms with van der Waals surface area (Å²) in [5.74, 6) is 2.62. The first-order valence-electron chi connectivity index (χ1n) is 7.26. The molecule has 0 saturated carbocycles. The number of rotatable bonds is 4. The molecule has 106 valence electrons. The van der Waals surface area contributed by atoms with Crippen molar-refractivity contribution in [3.8, 4) is 11.4 Å². The van der Waals surface area contributed by atoms with Crippen molar-refractivity contribution in [3.63, 3.8) is 0 Å². The van der Waals surface area contributed by atoms with Crippen molar-refractivity contribution in [2.24, 2.45) is 11.8 Å². The van der Waals surface area contributed by atoms with Crippen molar-refractivity contribution in [2.45, 2.75) is 26.2 Å². The maximum Gasteiger partial charge on any atom is 0.227 e. The fourth-order valence-electron chi connectivity index (χ4n) is 2.76. The van der Waals surface area contributed by atoms with Crippen LogP contribution in [0.25, 0.3) is 11.4 Å². The number of piperidine rings is 1. The molecule has 0 aromatic carbocycles. The smallest absolute Gasteiger partial charge is 0.227 e. The molecular weight excluding hydrogens is 252 g/mol. The first-order valence-corrected chi connectivity index (χ1v) is 7.26. The van der Waals surface area contributed by atoms with E-state index in [4.69, 9.17) is 4.52 Å². The third kappa shape index (κ3) is 3.04. The van der Waals surface area contributed by atoms with Crippen LogP contribution in [-0.2, 0) is 6.42 Å². The number of nitrogens with zero attached hydrogens (tertiary/aromatic N) is 3. The minimum absolute atomic E-state index is 0.560. The van der Waals surface area contributed by atoms with Gasteiger partial charge < -0.3 is 9.84 Å². The second-order valence-electron chi connectivity index (χ2n) is 5.54. The zero-order valence-corrected chi connectivity index (χ0v) is 11.7. The lowest BCUT2D eigenvalue weighted by molar-refractivity contribution is 0.257. The molecule has 3 rings (SSSR count). The summed E-state index contributed by atoms with van der Waals surface area (Å²) in [5.41, 5.74) is 0.898. The fourth-order valence-corrected chi connectivity index (χ4v) is 2.76. The molecule has 2 unspecified atom stereocenters. The van der Waals surface area contributed by atoms with E-state index in [1.54, 1.807) is 12.4 Å². The van der Waals surface area contributed by atoms with Gasteiger partial charge in [0, 0.05) is 24.4 Å². The predicted molar refractivity (Wildman–Crippen MR) is 76.0 cm³/mol. The Morgan fingerprint density at radius 3 is 3.20 bits per heavy atom. The molecule has 0 spiro atoms. The zero-order valence-electron chi connectivity index (χ0n) is 11.7. The maximum absolute atomic E-state index is 5.37. The minimum Gasteiger partial charge on any atom is -0.339 e. The molecule has 5 heteroatoms. The summed E-state index contributed by atoms with van der Waals surface area (Å²) in [7, 11) is 0. The van der Waals surface area contributed by atoms with Crippen molar-refractivity contribution in [2.75, 3.05) is 13.1 Å². The average molecular weight is 272 g/mol. The topological polar surface area (TPSA) is 63.8 Å². The molecule has 0 aliphatic carbocycles. The summed E-state index contributed by atoms with van der Waals surface area (Å²) in [6.07, 6.45) is 6.89. The van der Waals surface area contributed by atoms with Gasteiger partial charge in [-0.3, -0.25) is 4.98 Å². The molecule has 5 nitrogen and oxygen atoms in total. The van der Waals surface area contributed by atoms with E-state index < -0.39 is 0 Å². The molecule has 0 radical (unpaired) electrons. The monoisotopic (exact) mass is 272 g/mol. The molecule has 1 saturated heterocycles. The van der Waals surface area contributed by atoms with E-state index in [1.165, 1.54) is 12.8 Å². The lowest BCUT2D eigenvalue weighted by Crippen LogP contribution is -2.33. The molecular formula is C15H20N4O. The van der Waals surface area contributed by atoms with Crippen LogP contribution in [0.3, 0.4) is 0 Å². The molecule has 0 amide bonds. The molecule has 1 aliphatic rings. The Morgan fingerprint density at radius 1 is 1.50 bits per heavy atom. The summed E-state index contributed by atoms with van der Waals surface area (Å²) in [4.78, 5) is 8.55. The number of pyridine rings is 1. The fraction of sp³-hybridized carbons (Fsp3) is 0.533. The van der Waals surface area contributed by atoms with Gasteiger partial charge in [0.05, 0.1) is 0 Å². The first-order chi connectivity index (χ1) is 9.83. The van der Waals surface area contributed by atoms with E-state index in [1.807, 2.05) is 12.1 Å². The third-order valence-corrected chi connectivity index (χ3v) is 4.02. The van der Waals surface area contributed by atoms with Crippen LogP contribution in [0.1, 0.15) is 25.7 Å². The Labute approximate surface area is 118 Å². The predicted octanol–water partition coefficient (Wildman–Crippen LogP) is 2.31. The van der Waals surface area contributed by atoms with Gasteiger partial charge in [0.1, 0.15) is 0 Å². The highest BCUT2D eigenvalue weighted by molar-refractivity contribution is 5.51. The van der Waals surface area contributed by atoms with Crippen LogP contribution in [0.4, 0.5) is 0 Å². The third-order valence-electron chi connectivity index (χ3n) is 4.02. The van der Waals surface area contributed by atoms with Crippen LogP contribution in [-0.4, -0.2) is 28.2 Å². The second-order valence-corrected chi connectivity index (χ2v) is 5.54.